The van der Waals surface area contributed by atoms with Gasteiger partial charge < -0.3 is 0 Å². The summed E-state index contributed by atoms with van der Waals surface area (Å²) < 4.78 is 0. The summed E-state index contributed by atoms with van der Waals surface area (Å²) in [7, 11) is 0. The number of halogens is 2. The van der Waals surface area contributed by atoms with Crippen molar-refractivity contribution in [3.8, 4) is 0 Å². The van der Waals surface area contributed by atoms with Crippen LogP contribution in [0.5, 0.6) is 0 Å². The Labute approximate surface area is 133 Å². The first kappa shape index (κ1) is 15.5. The van der Waals surface area contributed by atoms with E-state index in [4.69, 9.17) is 23.2 Å². The van der Waals surface area contributed by atoms with Crippen molar-refractivity contribution in [3.63, 3.8) is 0 Å². The normalized spacial score (nSPS) is 19.5. The van der Waals surface area contributed by atoms with E-state index in [1.165, 1.54) is 22.3 Å². The van der Waals surface area contributed by atoms with E-state index in [1.807, 2.05) is 0 Å². The Morgan fingerprint density at radius 1 is 0.882 bits per heavy atom. The van der Waals surface area contributed by atoms with Crippen molar-refractivity contribution in [1.29, 1.82) is 0 Å². The van der Waals surface area contributed by atoms with E-state index in [9.17, 15) is 0 Å². The molecule has 0 heterocycles. The summed E-state index contributed by atoms with van der Waals surface area (Å²) in [5.74, 6) is 0. The van der Waals surface area contributed by atoms with Gasteiger partial charge in [-0.3, -0.25) is 0 Å². The first-order chi connectivity index (χ1) is 7.59. The van der Waals surface area contributed by atoms with Gasteiger partial charge in [-0.05, 0) is 49.0 Å². The maximum atomic E-state index is 6.09. The molecule has 17 heavy (non-hydrogen) atoms. The second-order valence-electron chi connectivity index (χ2n) is 4.43. The molecule has 0 aliphatic heterocycles. The van der Waals surface area contributed by atoms with Crippen LogP contribution in [0.2, 0.25) is 0 Å². The molecule has 0 aromatic carbocycles. The molecule has 0 saturated heterocycles. The van der Waals surface area contributed by atoms with E-state index in [0.717, 1.165) is 35.7 Å². The molecule has 0 amide bonds. The van der Waals surface area contributed by atoms with Gasteiger partial charge in [-0.1, -0.05) is 35.4 Å². The van der Waals surface area contributed by atoms with Gasteiger partial charge in [-0.15, -0.1) is 0 Å². The van der Waals surface area contributed by atoms with Crippen molar-refractivity contribution in [2.45, 2.75) is 39.5 Å². The van der Waals surface area contributed by atoms with Crippen LogP contribution >= 0.6 is 23.2 Å². The fraction of sp³-hybridized carbons (Fsp3) is 0.429. The standard InChI is InChI=1S/C14H16Cl2.Zr/c1-9-11(5-7-13(9)15)3-4-12-6-8-14(16)10(12)2;/h5-6H,3-4,7-8H2,1-2H3;. The van der Waals surface area contributed by atoms with Crippen LogP contribution in [0, 0.1) is 0 Å². The van der Waals surface area contributed by atoms with E-state index in [0.29, 0.717) is 0 Å². The molecule has 0 aromatic heterocycles. The van der Waals surface area contributed by atoms with Gasteiger partial charge in [0.2, 0.25) is 0 Å². The van der Waals surface area contributed by atoms with Gasteiger partial charge >= 0.3 is 0 Å². The van der Waals surface area contributed by atoms with E-state index in [1.54, 1.807) is 0 Å². The van der Waals surface area contributed by atoms with Crippen molar-refractivity contribution >= 4 is 23.2 Å². The number of hydrogen-bond acceptors (Lipinski definition) is 0. The van der Waals surface area contributed by atoms with Crippen molar-refractivity contribution in [2.24, 2.45) is 0 Å². The maximum Gasteiger partial charge on any atom is 0.0250 e. The zero-order valence-corrected chi connectivity index (χ0v) is 14.2. The van der Waals surface area contributed by atoms with Crippen LogP contribution in [0.15, 0.2) is 44.5 Å². The van der Waals surface area contributed by atoms with Gasteiger partial charge in [-0.25, -0.2) is 0 Å². The second-order valence-corrected chi connectivity index (χ2v) is 5.34. The molecule has 3 heteroatoms. The summed E-state index contributed by atoms with van der Waals surface area (Å²) in [6, 6.07) is 0. The Balaban J connectivity index is 0.00000144. The summed E-state index contributed by atoms with van der Waals surface area (Å²) in [5, 5.41) is 2.00. The second kappa shape index (κ2) is 6.55. The average molecular weight is 346 g/mol. The van der Waals surface area contributed by atoms with Gasteiger partial charge in [0.05, 0.1) is 0 Å². The van der Waals surface area contributed by atoms with Crippen LogP contribution in [0.25, 0.3) is 0 Å². The third-order valence-electron chi connectivity index (χ3n) is 3.50. The van der Waals surface area contributed by atoms with Gasteiger partial charge in [0.15, 0.2) is 0 Å². The van der Waals surface area contributed by atoms with Crippen LogP contribution in [-0.2, 0) is 26.2 Å². The Morgan fingerprint density at radius 3 is 1.47 bits per heavy atom. The summed E-state index contributed by atoms with van der Waals surface area (Å²) in [5.41, 5.74) is 5.35. The van der Waals surface area contributed by atoms with Crippen LogP contribution in [0.1, 0.15) is 39.5 Å². The first-order valence-corrected chi connectivity index (χ1v) is 6.44. The number of rotatable bonds is 3. The topological polar surface area (TPSA) is 0 Å². The Hall–Kier alpha value is 0.423. The van der Waals surface area contributed by atoms with Crippen molar-refractivity contribution < 1.29 is 26.2 Å². The zero-order valence-electron chi connectivity index (χ0n) is 10.2. The number of allylic oxidation sites excluding steroid dienone is 8. The molecule has 0 N–H and O–H groups in total. The van der Waals surface area contributed by atoms with E-state index < -0.39 is 0 Å². The van der Waals surface area contributed by atoms with Gasteiger partial charge in [-0.2, -0.15) is 0 Å². The number of hydrogen-bond donors (Lipinski definition) is 0. The molecule has 0 nitrogen and oxygen atoms in total. The average Bonchev–Trinajstić information content (AvgIpc) is 2.74. The zero-order chi connectivity index (χ0) is 11.7. The van der Waals surface area contributed by atoms with Crippen LogP contribution in [0.3, 0.4) is 0 Å². The summed E-state index contributed by atoms with van der Waals surface area (Å²) in [4.78, 5) is 0. The molecule has 2 aliphatic carbocycles. The predicted octanol–water partition coefficient (Wildman–Crippen LogP) is 5.45. The van der Waals surface area contributed by atoms with E-state index in [2.05, 4.69) is 26.0 Å². The van der Waals surface area contributed by atoms with Gasteiger partial charge in [0.25, 0.3) is 0 Å². The molecule has 90 valence electrons. The molecular formula is C14H16Cl2Zr. The van der Waals surface area contributed by atoms with Crippen LogP contribution in [0.4, 0.5) is 0 Å². The SMILES string of the molecule is CC1=C(Cl)CC=C1CCC1=CCC(Cl)=C1C.[Zr]. The van der Waals surface area contributed by atoms with Gasteiger partial charge in [0.1, 0.15) is 0 Å². The molecule has 2 aliphatic rings. The predicted molar refractivity (Wildman–Crippen MR) is 71.7 cm³/mol. The molecular weight excluding hydrogens is 330 g/mol. The molecule has 0 bridgehead atoms. The summed E-state index contributed by atoms with van der Waals surface area (Å²) in [6.45, 7) is 4.22. The first-order valence-electron chi connectivity index (χ1n) is 5.69. The Bertz CT molecular complexity index is 397. The molecule has 0 spiro atoms. The molecule has 0 unspecified atom stereocenters. The van der Waals surface area contributed by atoms with Crippen LogP contribution in [-0.4, -0.2) is 0 Å². The minimum Gasteiger partial charge on any atom is -0.0885 e. The van der Waals surface area contributed by atoms with Crippen molar-refractivity contribution in [3.05, 3.63) is 44.5 Å². The third kappa shape index (κ3) is 3.46. The van der Waals surface area contributed by atoms with Gasteiger partial charge in [0, 0.05) is 49.1 Å². The summed E-state index contributed by atoms with van der Waals surface area (Å²) >= 11 is 12.2. The molecule has 0 fully saturated rings. The molecule has 0 saturated carbocycles. The maximum absolute atomic E-state index is 6.09. The fourth-order valence-electron chi connectivity index (χ4n) is 2.23. The monoisotopic (exact) mass is 344 g/mol. The van der Waals surface area contributed by atoms with E-state index in [-0.39, 0.29) is 26.2 Å². The molecule has 0 atom stereocenters. The fourth-order valence-corrected chi connectivity index (χ4v) is 2.63. The molecule has 0 aromatic rings. The van der Waals surface area contributed by atoms with Crippen LogP contribution < -0.4 is 0 Å². The quantitative estimate of drug-likeness (QED) is 0.637. The third-order valence-corrected chi connectivity index (χ3v) is 4.37. The smallest absolute Gasteiger partial charge is 0.0250 e. The molecule has 2 rings (SSSR count). The van der Waals surface area contributed by atoms with Crippen molar-refractivity contribution in [1.82, 2.24) is 0 Å². The molecule has 0 radical (unpaired) electrons. The minimum absolute atomic E-state index is 0. The Kier molecular flexibility index (Phi) is 5.96. The van der Waals surface area contributed by atoms with E-state index >= 15 is 0 Å². The largest absolute Gasteiger partial charge is 0.0885 e. The Morgan fingerprint density at radius 2 is 1.24 bits per heavy atom. The van der Waals surface area contributed by atoms with Crippen molar-refractivity contribution in [2.75, 3.05) is 0 Å². The minimum atomic E-state index is 0. The summed E-state index contributed by atoms with van der Waals surface area (Å²) in [6.07, 6.45) is 8.47.